The molecule has 0 aromatic heterocycles. The number of benzene rings is 2. The van der Waals surface area contributed by atoms with Crippen LogP contribution in [0, 0.1) is 11.7 Å². The molecule has 24 heavy (non-hydrogen) atoms. The number of anilines is 1. The number of hydrogen-bond donors (Lipinski definition) is 0. The lowest BCUT2D eigenvalue weighted by molar-refractivity contribution is -0.120. The van der Waals surface area contributed by atoms with Crippen molar-refractivity contribution in [3.8, 4) is 0 Å². The summed E-state index contributed by atoms with van der Waals surface area (Å²) in [6.45, 7) is 0.314. The zero-order valence-corrected chi connectivity index (χ0v) is 13.8. The van der Waals surface area contributed by atoms with Crippen LogP contribution in [0.2, 0.25) is 5.02 Å². The predicted molar refractivity (Wildman–Crippen MR) is 93.5 cm³/mol. The number of hydrogen-bond acceptors (Lipinski definition) is 2. The van der Waals surface area contributed by atoms with Crippen LogP contribution < -0.4 is 4.90 Å². The Balaban J connectivity index is 1.78. The Bertz CT molecular complexity index is 849. The Hall–Kier alpha value is -2.20. The first-order valence-electron chi connectivity index (χ1n) is 8.05. The second kappa shape index (κ2) is 6.02. The standard InChI is InChI=1S/C19H16ClFN2O/c20-15-10-13(21)9-8-12(15)11-23-18-7-2-1-5-17(18)22-16-6-3-4-14(16)19(23)24/h1-2,5,7-10,14H,3-4,6,11H2/t14-/m1/s1. The minimum Gasteiger partial charge on any atom is -0.305 e. The van der Waals surface area contributed by atoms with Crippen LogP contribution in [0.1, 0.15) is 24.8 Å². The topological polar surface area (TPSA) is 32.7 Å². The molecule has 0 unspecified atom stereocenters. The monoisotopic (exact) mass is 342 g/mol. The van der Waals surface area contributed by atoms with E-state index in [0.717, 1.165) is 41.9 Å². The summed E-state index contributed by atoms with van der Waals surface area (Å²) in [7, 11) is 0. The molecule has 1 aliphatic heterocycles. The average Bonchev–Trinajstić information content (AvgIpc) is 2.99. The molecule has 0 radical (unpaired) electrons. The van der Waals surface area contributed by atoms with Crippen LogP contribution in [0.4, 0.5) is 15.8 Å². The summed E-state index contributed by atoms with van der Waals surface area (Å²) < 4.78 is 13.3. The number of rotatable bonds is 2. The van der Waals surface area contributed by atoms with E-state index in [4.69, 9.17) is 16.6 Å². The van der Waals surface area contributed by atoms with Crippen molar-refractivity contribution in [1.82, 2.24) is 0 Å². The van der Waals surface area contributed by atoms with Gasteiger partial charge in [-0.3, -0.25) is 9.79 Å². The van der Waals surface area contributed by atoms with Gasteiger partial charge in [0.2, 0.25) is 5.91 Å². The highest BCUT2D eigenvalue weighted by Gasteiger charge is 2.36. The normalized spacial score (nSPS) is 19.6. The number of carbonyl (C=O) groups excluding carboxylic acids is 1. The lowest BCUT2D eigenvalue weighted by atomic mass is 10.0. The largest absolute Gasteiger partial charge is 0.305 e. The third-order valence-electron chi connectivity index (χ3n) is 4.67. The highest BCUT2D eigenvalue weighted by molar-refractivity contribution is 6.31. The quantitative estimate of drug-likeness (QED) is 0.764. The summed E-state index contributed by atoms with van der Waals surface area (Å²) in [5.41, 5.74) is 3.29. The number of nitrogens with zero attached hydrogens (tertiary/aromatic N) is 2. The fourth-order valence-corrected chi connectivity index (χ4v) is 3.69. The SMILES string of the molecule is O=C1[C@@H]2CCCC2=Nc2ccccc2N1Cc1ccc(F)cc1Cl. The molecule has 1 atom stereocenters. The van der Waals surface area contributed by atoms with Gasteiger partial charge in [0, 0.05) is 10.7 Å². The van der Waals surface area contributed by atoms with Gasteiger partial charge in [0.05, 0.1) is 23.8 Å². The number of halogens is 2. The first-order chi connectivity index (χ1) is 11.6. The van der Waals surface area contributed by atoms with Gasteiger partial charge in [-0.1, -0.05) is 29.8 Å². The van der Waals surface area contributed by atoms with Gasteiger partial charge in [0.25, 0.3) is 0 Å². The van der Waals surface area contributed by atoms with Gasteiger partial charge in [0.1, 0.15) is 5.82 Å². The van der Waals surface area contributed by atoms with E-state index >= 15 is 0 Å². The third-order valence-corrected chi connectivity index (χ3v) is 5.02. The van der Waals surface area contributed by atoms with Gasteiger partial charge >= 0.3 is 0 Å². The van der Waals surface area contributed by atoms with Crippen molar-refractivity contribution in [2.45, 2.75) is 25.8 Å². The fraction of sp³-hybridized carbons (Fsp3) is 0.263. The molecule has 2 aliphatic rings. The molecule has 122 valence electrons. The summed E-state index contributed by atoms with van der Waals surface area (Å²) in [4.78, 5) is 19.6. The van der Waals surface area contributed by atoms with E-state index < -0.39 is 0 Å². The van der Waals surface area contributed by atoms with E-state index in [2.05, 4.69) is 0 Å². The van der Waals surface area contributed by atoms with E-state index in [1.807, 2.05) is 24.3 Å². The van der Waals surface area contributed by atoms with Crippen molar-refractivity contribution in [3.63, 3.8) is 0 Å². The van der Waals surface area contributed by atoms with E-state index in [9.17, 15) is 9.18 Å². The van der Waals surface area contributed by atoms with Crippen molar-refractivity contribution in [1.29, 1.82) is 0 Å². The third kappa shape index (κ3) is 2.61. The van der Waals surface area contributed by atoms with Crippen LogP contribution in [0.3, 0.4) is 0 Å². The Labute approximate surface area is 144 Å². The second-order valence-electron chi connectivity index (χ2n) is 6.20. The fourth-order valence-electron chi connectivity index (χ4n) is 3.46. The summed E-state index contributed by atoms with van der Waals surface area (Å²) >= 11 is 6.17. The van der Waals surface area contributed by atoms with Crippen LogP contribution >= 0.6 is 11.6 Å². The van der Waals surface area contributed by atoms with Crippen LogP contribution in [-0.4, -0.2) is 11.6 Å². The molecule has 1 saturated carbocycles. The molecule has 3 nitrogen and oxygen atoms in total. The van der Waals surface area contributed by atoms with Crippen molar-refractivity contribution in [3.05, 3.63) is 58.9 Å². The molecule has 0 bridgehead atoms. The Kier molecular flexibility index (Phi) is 3.85. The minimum atomic E-state index is -0.382. The van der Waals surface area contributed by atoms with Crippen LogP contribution in [0.25, 0.3) is 0 Å². The molecule has 1 amide bonds. The van der Waals surface area contributed by atoms with Gasteiger partial charge in [-0.05, 0) is 49.1 Å². The molecule has 0 N–H and O–H groups in total. The van der Waals surface area contributed by atoms with E-state index in [-0.39, 0.29) is 17.6 Å². The zero-order valence-electron chi connectivity index (χ0n) is 13.0. The predicted octanol–water partition coefficient (Wildman–Crippen LogP) is 4.90. The van der Waals surface area contributed by atoms with Crippen molar-refractivity contribution in [2.24, 2.45) is 10.9 Å². The van der Waals surface area contributed by atoms with E-state index in [0.29, 0.717) is 11.6 Å². The Morgan fingerprint density at radius 2 is 2.08 bits per heavy atom. The summed E-state index contributed by atoms with van der Waals surface area (Å²) in [6.07, 6.45) is 2.69. The molecule has 2 aromatic carbocycles. The summed E-state index contributed by atoms with van der Waals surface area (Å²) in [6, 6.07) is 11.9. The summed E-state index contributed by atoms with van der Waals surface area (Å²) in [5.74, 6) is -0.485. The molecule has 1 heterocycles. The smallest absolute Gasteiger partial charge is 0.236 e. The van der Waals surface area contributed by atoms with Crippen LogP contribution in [-0.2, 0) is 11.3 Å². The van der Waals surface area contributed by atoms with Gasteiger partial charge in [-0.15, -0.1) is 0 Å². The van der Waals surface area contributed by atoms with Crippen molar-refractivity contribution < 1.29 is 9.18 Å². The number of fused-ring (bicyclic) bond motifs is 2. The lowest BCUT2D eigenvalue weighted by Gasteiger charge is -2.25. The average molecular weight is 343 g/mol. The van der Waals surface area contributed by atoms with E-state index in [1.165, 1.54) is 12.1 Å². The molecule has 1 aliphatic carbocycles. The first-order valence-corrected chi connectivity index (χ1v) is 8.43. The first kappa shape index (κ1) is 15.3. The molecule has 5 heteroatoms. The molecule has 1 fully saturated rings. The van der Waals surface area contributed by atoms with Crippen molar-refractivity contribution in [2.75, 3.05) is 4.90 Å². The maximum Gasteiger partial charge on any atom is 0.236 e. The lowest BCUT2D eigenvalue weighted by Crippen LogP contribution is -2.36. The molecule has 2 aromatic rings. The van der Waals surface area contributed by atoms with Gasteiger partial charge in [0.15, 0.2) is 0 Å². The van der Waals surface area contributed by atoms with Crippen LogP contribution in [0.5, 0.6) is 0 Å². The summed E-state index contributed by atoms with van der Waals surface area (Å²) in [5, 5.41) is 0.331. The van der Waals surface area contributed by atoms with Gasteiger partial charge in [-0.25, -0.2) is 4.39 Å². The Morgan fingerprint density at radius 3 is 2.92 bits per heavy atom. The number of carbonyl (C=O) groups is 1. The molecule has 0 spiro atoms. The highest BCUT2D eigenvalue weighted by atomic mass is 35.5. The second-order valence-corrected chi connectivity index (χ2v) is 6.60. The maximum absolute atomic E-state index is 13.3. The highest BCUT2D eigenvalue weighted by Crippen LogP contribution is 2.39. The maximum atomic E-state index is 13.3. The number of aliphatic imine (C=N–C) groups is 1. The molecule has 0 saturated heterocycles. The minimum absolute atomic E-state index is 0.0524. The molecule has 4 rings (SSSR count). The zero-order chi connectivity index (χ0) is 16.7. The van der Waals surface area contributed by atoms with Gasteiger partial charge in [-0.2, -0.15) is 0 Å². The number of para-hydroxylation sites is 2. The van der Waals surface area contributed by atoms with Crippen LogP contribution in [0.15, 0.2) is 47.5 Å². The van der Waals surface area contributed by atoms with Gasteiger partial charge < -0.3 is 4.90 Å². The molecular formula is C19H16ClFN2O. The number of amides is 1. The van der Waals surface area contributed by atoms with Crippen molar-refractivity contribution >= 4 is 34.6 Å². The Morgan fingerprint density at radius 1 is 1.25 bits per heavy atom. The molecular weight excluding hydrogens is 327 g/mol. The van der Waals surface area contributed by atoms with E-state index in [1.54, 1.807) is 11.0 Å².